The van der Waals surface area contributed by atoms with Crippen molar-refractivity contribution in [3.05, 3.63) is 17.5 Å². The number of nitrogens with one attached hydrogen (secondary N) is 1. The normalized spacial score (nSPS) is 23.2. The summed E-state index contributed by atoms with van der Waals surface area (Å²) in [6, 6.07) is 2.43. The van der Waals surface area contributed by atoms with Gasteiger partial charge in [-0.3, -0.25) is 0 Å². The molecule has 4 heteroatoms. The minimum atomic E-state index is 0.470. The molecule has 1 aromatic heterocycles. The summed E-state index contributed by atoms with van der Waals surface area (Å²) >= 11 is 0. The number of rotatable bonds is 4. The van der Waals surface area contributed by atoms with Gasteiger partial charge in [0.25, 0.3) is 0 Å². The van der Waals surface area contributed by atoms with Crippen molar-refractivity contribution in [2.24, 2.45) is 5.92 Å². The molecule has 2 heterocycles. The largest absolute Gasteiger partial charge is 0.381 e. The van der Waals surface area contributed by atoms with E-state index in [1.165, 1.54) is 0 Å². The zero-order chi connectivity index (χ0) is 10.7. The summed E-state index contributed by atoms with van der Waals surface area (Å²) in [5, 5.41) is 7.29. The first-order chi connectivity index (χ1) is 7.25. The van der Waals surface area contributed by atoms with E-state index in [2.05, 4.69) is 17.4 Å². The Balaban J connectivity index is 1.77. The van der Waals surface area contributed by atoms with Crippen molar-refractivity contribution in [3.63, 3.8) is 0 Å². The highest BCUT2D eigenvalue weighted by molar-refractivity contribution is 5.02. The van der Waals surface area contributed by atoms with E-state index in [0.717, 1.165) is 37.6 Å². The highest BCUT2D eigenvalue weighted by Gasteiger charge is 2.21. The third-order valence-electron chi connectivity index (χ3n) is 2.95. The molecule has 0 radical (unpaired) electrons. The monoisotopic (exact) mass is 210 g/mol. The lowest BCUT2D eigenvalue weighted by atomic mass is 10.0. The van der Waals surface area contributed by atoms with Crippen molar-refractivity contribution < 1.29 is 9.26 Å². The fourth-order valence-electron chi connectivity index (χ4n) is 1.87. The number of hydrogen-bond donors (Lipinski definition) is 1. The summed E-state index contributed by atoms with van der Waals surface area (Å²) in [5.41, 5.74) is 0.934. The van der Waals surface area contributed by atoms with Crippen molar-refractivity contribution in [2.45, 2.75) is 32.9 Å². The molecule has 1 aliphatic heterocycles. The van der Waals surface area contributed by atoms with Crippen LogP contribution in [0.4, 0.5) is 0 Å². The average Bonchev–Trinajstić information content (AvgIpc) is 2.84. The molecule has 0 amide bonds. The quantitative estimate of drug-likeness (QED) is 0.818. The van der Waals surface area contributed by atoms with Crippen molar-refractivity contribution in [1.82, 2.24) is 10.5 Å². The SMILES string of the molecule is Cc1cc(CNC(C)C2CCOC2)on1. The molecule has 1 aliphatic rings. The lowest BCUT2D eigenvalue weighted by Gasteiger charge is -2.18. The topological polar surface area (TPSA) is 47.3 Å². The van der Waals surface area contributed by atoms with Crippen LogP contribution < -0.4 is 5.32 Å². The maximum atomic E-state index is 5.36. The number of hydrogen-bond acceptors (Lipinski definition) is 4. The molecular formula is C11H18N2O2. The van der Waals surface area contributed by atoms with Gasteiger partial charge in [0.05, 0.1) is 18.8 Å². The second-order valence-corrected chi connectivity index (χ2v) is 4.23. The van der Waals surface area contributed by atoms with Crippen LogP contribution in [0, 0.1) is 12.8 Å². The third-order valence-corrected chi connectivity index (χ3v) is 2.95. The minimum absolute atomic E-state index is 0.470. The highest BCUT2D eigenvalue weighted by atomic mass is 16.5. The third kappa shape index (κ3) is 2.79. The summed E-state index contributed by atoms with van der Waals surface area (Å²) in [4.78, 5) is 0. The predicted octanol–water partition coefficient (Wildman–Crippen LogP) is 1.50. The molecule has 0 aromatic carbocycles. The molecule has 15 heavy (non-hydrogen) atoms. The van der Waals surface area contributed by atoms with Gasteiger partial charge < -0.3 is 14.6 Å². The fraction of sp³-hybridized carbons (Fsp3) is 0.727. The van der Waals surface area contributed by atoms with Crippen molar-refractivity contribution >= 4 is 0 Å². The minimum Gasteiger partial charge on any atom is -0.381 e. The van der Waals surface area contributed by atoms with Gasteiger partial charge >= 0.3 is 0 Å². The molecule has 84 valence electrons. The Morgan fingerprint density at radius 3 is 3.13 bits per heavy atom. The molecular weight excluding hydrogens is 192 g/mol. The van der Waals surface area contributed by atoms with Gasteiger partial charge in [0, 0.05) is 18.7 Å². The zero-order valence-electron chi connectivity index (χ0n) is 9.32. The van der Waals surface area contributed by atoms with E-state index in [1.807, 2.05) is 13.0 Å². The summed E-state index contributed by atoms with van der Waals surface area (Å²) in [5.74, 6) is 1.53. The van der Waals surface area contributed by atoms with Gasteiger partial charge in [-0.15, -0.1) is 0 Å². The Hall–Kier alpha value is -0.870. The Morgan fingerprint density at radius 2 is 2.53 bits per heavy atom. The van der Waals surface area contributed by atoms with Gasteiger partial charge in [-0.05, 0) is 26.2 Å². The molecule has 2 rings (SSSR count). The Labute approximate surface area is 90.0 Å². The van der Waals surface area contributed by atoms with Crippen LogP contribution in [0.1, 0.15) is 24.8 Å². The van der Waals surface area contributed by atoms with Crippen molar-refractivity contribution in [3.8, 4) is 0 Å². The maximum Gasteiger partial charge on any atom is 0.150 e. The fourth-order valence-corrected chi connectivity index (χ4v) is 1.87. The van der Waals surface area contributed by atoms with E-state index >= 15 is 0 Å². The summed E-state index contributed by atoms with van der Waals surface area (Å²) < 4.78 is 10.5. The molecule has 4 nitrogen and oxygen atoms in total. The molecule has 0 aliphatic carbocycles. The van der Waals surface area contributed by atoms with Crippen LogP contribution in [0.25, 0.3) is 0 Å². The number of aromatic nitrogens is 1. The lowest BCUT2D eigenvalue weighted by Crippen LogP contribution is -2.33. The molecule has 1 N–H and O–H groups in total. The first-order valence-corrected chi connectivity index (χ1v) is 5.49. The molecule has 1 aromatic rings. The van der Waals surface area contributed by atoms with Gasteiger partial charge in [-0.25, -0.2) is 0 Å². The van der Waals surface area contributed by atoms with Gasteiger partial charge in [-0.1, -0.05) is 5.16 Å². The Bertz CT molecular complexity index is 305. The Morgan fingerprint density at radius 1 is 1.67 bits per heavy atom. The van der Waals surface area contributed by atoms with E-state index < -0.39 is 0 Å². The van der Waals surface area contributed by atoms with Crippen LogP contribution >= 0.6 is 0 Å². The standard InChI is InChI=1S/C11H18N2O2/c1-8-5-11(15-13-8)6-12-9(2)10-3-4-14-7-10/h5,9-10,12H,3-4,6-7H2,1-2H3. The lowest BCUT2D eigenvalue weighted by molar-refractivity contribution is 0.177. The van der Waals surface area contributed by atoms with Crippen LogP contribution in [0.15, 0.2) is 10.6 Å². The first kappa shape index (κ1) is 10.6. The summed E-state index contributed by atoms with van der Waals surface area (Å²) in [6.45, 7) is 6.66. The maximum absolute atomic E-state index is 5.36. The zero-order valence-corrected chi connectivity index (χ0v) is 9.32. The summed E-state index contributed by atoms with van der Waals surface area (Å²) in [7, 11) is 0. The van der Waals surface area contributed by atoms with E-state index in [9.17, 15) is 0 Å². The molecule has 1 fully saturated rings. The van der Waals surface area contributed by atoms with Gasteiger partial charge in [-0.2, -0.15) is 0 Å². The number of ether oxygens (including phenoxy) is 1. The second-order valence-electron chi connectivity index (χ2n) is 4.23. The molecule has 0 spiro atoms. The van der Waals surface area contributed by atoms with E-state index in [4.69, 9.17) is 9.26 Å². The average molecular weight is 210 g/mol. The second kappa shape index (κ2) is 4.77. The van der Waals surface area contributed by atoms with E-state index in [1.54, 1.807) is 0 Å². The van der Waals surface area contributed by atoms with Crippen LogP contribution in [0.2, 0.25) is 0 Å². The molecule has 1 saturated heterocycles. The van der Waals surface area contributed by atoms with Crippen LogP contribution in [-0.4, -0.2) is 24.4 Å². The number of aryl methyl sites for hydroxylation is 1. The van der Waals surface area contributed by atoms with Crippen LogP contribution in [-0.2, 0) is 11.3 Å². The van der Waals surface area contributed by atoms with Crippen LogP contribution in [0.5, 0.6) is 0 Å². The van der Waals surface area contributed by atoms with Crippen molar-refractivity contribution in [1.29, 1.82) is 0 Å². The molecule has 0 bridgehead atoms. The smallest absolute Gasteiger partial charge is 0.150 e. The predicted molar refractivity (Wildman–Crippen MR) is 56.5 cm³/mol. The van der Waals surface area contributed by atoms with Crippen molar-refractivity contribution in [2.75, 3.05) is 13.2 Å². The molecule has 0 saturated carbocycles. The highest BCUT2D eigenvalue weighted by Crippen LogP contribution is 2.16. The van der Waals surface area contributed by atoms with E-state index in [0.29, 0.717) is 12.0 Å². The van der Waals surface area contributed by atoms with Crippen LogP contribution in [0.3, 0.4) is 0 Å². The first-order valence-electron chi connectivity index (χ1n) is 5.49. The van der Waals surface area contributed by atoms with E-state index in [-0.39, 0.29) is 0 Å². The molecule has 2 atom stereocenters. The van der Waals surface area contributed by atoms with Gasteiger partial charge in [0.2, 0.25) is 0 Å². The molecule has 2 unspecified atom stereocenters. The van der Waals surface area contributed by atoms with Gasteiger partial charge in [0.1, 0.15) is 0 Å². The Kier molecular flexibility index (Phi) is 3.38. The number of nitrogens with zero attached hydrogens (tertiary/aromatic N) is 1. The summed E-state index contributed by atoms with van der Waals surface area (Å²) in [6.07, 6.45) is 1.16. The van der Waals surface area contributed by atoms with Gasteiger partial charge in [0.15, 0.2) is 5.76 Å².